The Morgan fingerprint density at radius 1 is 1.25 bits per heavy atom. The van der Waals surface area contributed by atoms with Crippen LogP contribution in [0.15, 0.2) is 35.9 Å². The molecule has 5 heteroatoms. The number of rotatable bonds is 3. The van der Waals surface area contributed by atoms with Gasteiger partial charge in [0.15, 0.2) is 5.16 Å². The van der Waals surface area contributed by atoms with E-state index in [4.69, 9.17) is 5.73 Å². The summed E-state index contributed by atoms with van der Waals surface area (Å²) in [6.07, 6.45) is 5.34. The number of anilines is 1. The molecule has 2 heterocycles. The number of aromatic nitrogens is 3. The standard InChI is InChI=1S/C11H12N4S/c1-8-5-14-11(15-6-8)16-7-9-2-3-13-10(12)4-9/h2-6H,7H2,1H3,(H2,12,13). The summed E-state index contributed by atoms with van der Waals surface area (Å²) in [5.74, 6) is 1.35. The van der Waals surface area contributed by atoms with E-state index < -0.39 is 0 Å². The zero-order valence-corrected chi connectivity index (χ0v) is 9.74. The van der Waals surface area contributed by atoms with Crippen molar-refractivity contribution < 1.29 is 0 Å². The number of nitrogens with zero attached hydrogens (tertiary/aromatic N) is 3. The highest BCUT2D eigenvalue weighted by molar-refractivity contribution is 7.98. The van der Waals surface area contributed by atoms with E-state index in [9.17, 15) is 0 Å². The van der Waals surface area contributed by atoms with Crippen LogP contribution < -0.4 is 5.73 Å². The Hall–Kier alpha value is -1.62. The second-order valence-electron chi connectivity index (χ2n) is 3.42. The Balaban J connectivity index is 1.99. The first-order chi connectivity index (χ1) is 7.74. The number of nitrogen functional groups attached to an aromatic ring is 1. The lowest BCUT2D eigenvalue weighted by Gasteiger charge is -2.01. The molecule has 2 aromatic rings. The molecule has 2 rings (SSSR count). The van der Waals surface area contributed by atoms with Crippen molar-refractivity contribution in [3.05, 3.63) is 41.9 Å². The minimum Gasteiger partial charge on any atom is -0.384 e. The van der Waals surface area contributed by atoms with Crippen LogP contribution in [0.1, 0.15) is 11.1 Å². The molecule has 0 aromatic carbocycles. The summed E-state index contributed by atoms with van der Waals surface area (Å²) in [7, 11) is 0. The van der Waals surface area contributed by atoms with Gasteiger partial charge in [-0.15, -0.1) is 0 Å². The summed E-state index contributed by atoms with van der Waals surface area (Å²) >= 11 is 1.59. The molecule has 0 radical (unpaired) electrons. The third-order valence-corrected chi connectivity index (χ3v) is 2.92. The van der Waals surface area contributed by atoms with Crippen LogP contribution in [0.25, 0.3) is 0 Å². The van der Waals surface area contributed by atoms with Crippen molar-refractivity contribution in [2.75, 3.05) is 5.73 Å². The van der Waals surface area contributed by atoms with Gasteiger partial charge >= 0.3 is 0 Å². The van der Waals surface area contributed by atoms with Crippen LogP contribution in [0, 0.1) is 6.92 Å². The molecular weight excluding hydrogens is 220 g/mol. The van der Waals surface area contributed by atoms with E-state index in [-0.39, 0.29) is 0 Å². The van der Waals surface area contributed by atoms with Crippen molar-refractivity contribution in [2.24, 2.45) is 0 Å². The van der Waals surface area contributed by atoms with Gasteiger partial charge in [0.25, 0.3) is 0 Å². The summed E-state index contributed by atoms with van der Waals surface area (Å²) in [5.41, 5.74) is 7.79. The van der Waals surface area contributed by atoms with Crippen molar-refractivity contribution in [3.8, 4) is 0 Å². The Labute approximate surface area is 98.3 Å². The monoisotopic (exact) mass is 232 g/mol. The van der Waals surface area contributed by atoms with Gasteiger partial charge in [0.1, 0.15) is 5.82 Å². The van der Waals surface area contributed by atoms with Crippen molar-refractivity contribution in [3.63, 3.8) is 0 Å². The number of nitrogens with two attached hydrogens (primary N) is 1. The lowest BCUT2D eigenvalue weighted by molar-refractivity contribution is 0.949. The fourth-order valence-corrected chi connectivity index (χ4v) is 1.92. The summed E-state index contributed by atoms with van der Waals surface area (Å²) in [4.78, 5) is 12.4. The predicted molar refractivity (Wildman–Crippen MR) is 65.0 cm³/mol. The quantitative estimate of drug-likeness (QED) is 0.648. The maximum Gasteiger partial charge on any atom is 0.187 e. The summed E-state index contributed by atoms with van der Waals surface area (Å²) in [6.45, 7) is 1.97. The molecule has 4 nitrogen and oxygen atoms in total. The first kappa shape index (κ1) is 10.9. The zero-order chi connectivity index (χ0) is 11.4. The van der Waals surface area contributed by atoms with Crippen LogP contribution in [-0.2, 0) is 5.75 Å². The minimum absolute atomic E-state index is 0.544. The van der Waals surface area contributed by atoms with Crippen molar-refractivity contribution in [1.29, 1.82) is 0 Å². The number of hydrogen-bond donors (Lipinski definition) is 1. The second kappa shape index (κ2) is 4.94. The largest absolute Gasteiger partial charge is 0.384 e. The van der Waals surface area contributed by atoms with Gasteiger partial charge in [-0.3, -0.25) is 0 Å². The van der Waals surface area contributed by atoms with Crippen LogP contribution in [0.3, 0.4) is 0 Å². The summed E-state index contributed by atoms with van der Waals surface area (Å²) in [5, 5.41) is 0.779. The van der Waals surface area contributed by atoms with Gasteiger partial charge in [0.05, 0.1) is 0 Å². The number of aryl methyl sites for hydroxylation is 1. The Bertz CT molecular complexity index is 470. The molecule has 0 aliphatic rings. The second-order valence-corrected chi connectivity index (χ2v) is 4.36. The van der Waals surface area contributed by atoms with Crippen LogP contribution in [0.2, 0.25) is 0 Å². The number of hydrogen-bond acceptors (Lipinski definition) is 5. The lowest BCUT2D eigenvalue weighted by atomic mass is 10.3. The van der Waals surface area contributed by atoms with Crippen molar-refractivity contribution >= 4 is 17.6 Å². The molecule has 0 unspecified atom stereocenters. The highest BCUT2D eigenvalue weighted by atomic mass is 32.2. The van der Waals surface area contributed by atoms with E-state index in [1.807, 2.05) is 31.5 Å². The van der Waals surface area contributed by atoms with Gasteiger partial charge in [-0.2, -0.15) is 0 Å². The fourth-order valence-electron chi connectivity index (χ4n) is 1.19. The molecule has 0 fully saturated rings. The van der Waals surface area contributed by atoms with Gasteiger partial charge < -0.3 is 5.73 Å². The predicted octanol–water partition coefficient (Wildman–Crippen LogP) is 2.05. The third-order valence-electron chi connectivity index (χ3n) is 1.97. The van der Waals surface area contributed by atoms with Crippen LogP contribution in [0.5, 0.6) is 0 Å². The topological polar surface area (TPSA) is 64.7 Å². The lowest BCUT2D eigenvalue weighted by Crippen LogP contribution is -1.92. The van der Waals surface area contributed by atoms with E-state index in [2.05, 4.69) is 15.0 Å². The average Bonchev–Trinajstić information content (AvgIpc) is 2.28. The molecule has 0 saturated heterocycles. The highest BCUT2D eigenvalue weighted by Gasteiger charge is 1.99. The van der Waals surface area contributed by atoms with Gasteiger partial charge in [0, 0.05) is 24.3 Å². The van der Waals surface area contributed by atoms with Crippen LogP contribution in [0.4, 0.5) is 5.82 Å². The molecule has 82 valence electrons. The molecular formula is C11H12N4S. The Kier molecular flexibility index (Phi) is 3.36. The molecule has 2 aromatic heterocycles. The summed E-state index contributed by atoms with van der Waals surface area (Å²) < 4.78 is 0. The maximum atomic E-state index is 5.60. The SMILES string of the molecule is Cc1cnc(SCc2ccnc(N)c2)nc1. The molecule has 0 atom stereocenters. The molecule has 16 heavy (non-hydrogen) atoms. The van der Waals surface area contributed by atoms with E-state index >= 15 is 0 Å². The van der Waals surface area contributed by atoms with Crippen molar-refractivity contribution in [2.45, 2.75) is 17.8 Å². The molecule has 0 spiro atoms. The molecule has 0 aliphatic heterocycles. The van der Waals surface area contributed by atoms with E-state index in [0.717, 1.165) is 22.0 Å². The average molecular weight is 232 g/mol. The maximum absolute atomic E-state index is 5.60. The van der Waals surface area contributed by atoms with Gasteiger partial charge in [0.2, 0.25) is 0 Å². The normalized spacial score (nSPS) is 10.3. The van der Waals surface area contributed by atoms with Crippen LogP contribution >= 0.6 is 11.8 Å². The number of pyridine rings is 1. The smallest absolute Gasteiger partial charge is 0.187 e. The van der Waals surface area contributed by atoms with E-state index in [1.165, 1.54) is 0 Å². The first-order valence-electron chi connectivity index (χ1n) is 4.86. The summed E-state index contributed by atoms with van der Waals surface area (Å²) in [6, 6.07) is 3.80. The molecule has 2 N–H and O–H groups in total. The van der Waals surface area contributed by atoms with Gasteiger partial charge in [-0.05, 0) is 30.2 Å². The van der Waals surface area contributed by atoms with Crippen LogP contribution in [-0.4, -0.2) is 15.0 Å². The Morgan fingerprint density at radius 2 is 2.00 bits per heavy atom. The molecule has 0 aliphatic carbocycles. The molecule has 0 amide bonds. The van der Waals surface area contributed by atoms with E-state index in [1.54, 1.807) is 18.0 Å². The minimum atomic E-state index is 0.544. The fraction of sp³-hybridized carbons (Fsp3) is 0.182. The first-order valence-corrected chi connectivity index (χ1v) is 5.84. The van der Waals surface area contributed by atoms with Gasteiger partial charge in [-0.25, -0.2) is 15.0 Å². The molecule has 0 bridgehead atoms. The van der Waals surface area contributed by atoms with Gasteiger partial charge in [-0.1, -0.05) is 11.8 Å². The number of thioether (sulfide) groups is 1. The van der Waals surface area contributed by atoms with Crippen molar-refractivity contribution in [1.82, 2.24) is 15.0 Å². The Morgan fingerprint density at radius 3 is 2.69 bits per heavy atom. The third kappa shape index (κ3) is 2.93. The van der Waals surface area contributed by atoms with E-state index in [0.29, 0.717) is 5.82 Å². The zero-order valence-electron chi connectivity index (χ0n) is 8.92. The highest BCUT2D eigenvalue weighted by Crippen LogP contribution is 2.19. The molecule has 0 saturated carbocycles.